The highest BCUT2D eigenvalue weighted by Gasteiger charge is 2.47. The fraction of sp³-hybridized carbons (Fsp3) is 0.222. The Morgan fingerprint density at radius 2 is 1.74 bits per heavy atom. The van der Waals surface area contributed by atoms with E-state index in [1.807, 2.05) is 0 Å². The van der Waals surface area contributed by atoms with Crippen molar-refractivity contribution in [2.45, 2.75) is 12.1 Å². The zero-order valence-corrected chi connectivity index (χ0v) is 8.74. The molecule has 10 heteroatoms. The molecule has 0 bridgehead atoms. The lowest BCUT2D eigenvalue weighted by atomic mass is 10.0. The summed E-state index contributed by atoms with van der Waals surface area (Å²) in [7, 11) is 0. The molecule has 104 valence electrons. The van der Waals surface area contributed by atoms with Crippen LogP contribution in [-0.4, -0.2) is 16.0 Å². The van der Waals surface area contributed by atoms with Crippen LogP contribution in [0.4, 0.5) is 27.6 Å². The molecule has 0 heterocycles. The van der Waals surface area contributed by atoms with Gasteiger partial charge in [-0.05, 0) is 12.1 Å². The van der Waals surface area contributed by atoms with Gasteiger partial charge in [0.05, 0.1) is 10.5 Å². The number of benzene rings is 1. The van der Waals surface area contributed by atoms with Gasteiger partial charge in [0, 0.05) is 6.07 Å². The normalized spacial score (nSPS) is 12.3. The maximum absolute atomic E-state index is 13.1. The summed E-state index contributed by atoms with van der Waals surface area (Å²) >= 11 is 0. The number of nitrogens with zero attached hydrogens (tertiary/aromatic N) is 1. The van der Waals surface area contributed by atoms with Crippen LogP contribution in [0.3, 0.4) is 0 Å². The standard InChI is InChI=1S/C9H4F5NO4/c10-8(11,7(16)17)5-2-1-4(9(12,13)14)3-6(5)15(18)19/h1-3H,(H,16,17). The van der Waals surface area contributed by atoms with Gasteiger partial charge in [-0.2, -0.15) is 22.0 Å². The smallest absolute Gasteiger partial charge is 0.416 e. The molecule has 5 nitrogen and oxygen atoms in total. The first kappa shape index (κ1) is 14.8. The SMILES string of the molecule is O=C(O)C(F)(F)c1ccc(C(F)(F)F)cc1[N+](=O)[O-]. The molecule has 0 aliphatic heterocycles. The minimum Gasteiger partial charge on any atom is -0.477 e. The Hall–Kier alpha value is -2.26. The molecule has 1 N–H and O–H groups in total. The van der Waals surface area contributed by atoms with Crippen molar-refractivity contribution >= 4 is 11.7 Å². The zero-order valence-electron chi connectivity index (χ0n) is 8.74. The second-order valence-electron chi connectivity index (χ2n) is 3.37. The molecule has 1 rings (SSSR count). The van der Waals surface area contributed by atoms with Crippen LogP contribution >= 0.6 is 0 Å². The molecule has 0 radical (unpaired) electrons. The van der Waals surface area contributed by atoms with Crippen molar-refractivity contribution in [1.82, 2.24) is 0 Å². The number of halogens is 5. The monoisotopic (exact) mass is 285 g/mol. The number of carboxylic acid groups (broad SMARTS) is 1. The molecule has 0 amide bonds. The predicted molar refractivity (Wildman–Crippen MR) is 49.6 cm³/mol. The first-order valence-electron chi connectivity index (χ1n) is 4.45. The highest BCUT2D eigenvalue weighted by atomic mass is 19.4. The van der Waals surface area contributed by atoms with E-state index in [4.69, 9.17) is 5.11 Å². The summed E-state index contributed by atoms with van der Waals surface area (Å²) in [6.07, 6.45) is -4.97. The van der Waals surface area contributed by atoms with Crippen molar-refractivity contribution in [3.63, 3.8) is 0 Å². The molecule has 1 aromatic rings. The number of hydrogen-bond donors (Lipinski definition) is 1. The van der Waals surface area contributed by atoms with Crippen LogP contribution in [0.15, 0.2) is 18.2 Å². The number of carboxylic acids is 1. The molecule has 0 atom stereocenters. The zero-order chi connectivity index (χ0) is 15.0. The van der Waals surface area contributed by atoms with Gasteiger partial charge in [-0.3, -0.25) is 10.1 Å². The van der Waals surface area contributed by atoms with Crippen molar-refractivity contribution in [3.8, 4) is 0 Å². The van der Waals surface area contributed by atoms with Gasteiger partial charge in [-0.15, -0.1) is 0 Å². The van der Waals surface area contributed by atoms with E-state index in [0.717, 1.165) is 0 Å². The molecule has 0 saturated heterocycles. The van der Waals surface area contributed by atoms with Gasteiger partial charge >= 0.3 is 18.1 Å². The minimum atomic E-state index is -4.97. The highest BCUT2D eigenvalue weighted by Crippen LogP contribution is 2.39. The first-order valence-corrected chi connectivity index (χ1v) is 4.45. The Labute approximate surface area is 101 Å². The van der Waals surface area contributed by atoms with Crippen molar-refractivity contribution in [2.75, 3.05) is 0 Å². The number of nitro benzene ring substituents is 1. The second-order valence-corrected chi connectivity index (χ2v) is 3.37. The van der Waals surface area contributed by atoms with E-state index in [9.17, 15) is 36.9 Å². The fourth-order valence-corrected chi connectivity index (χ4v) is 1.24. The lowest BCUT2D eigenvalue weighted by molar-refractivity contribution is -0.387. The molecule has 0 aliphatic rings. The molecule has 0 aromatic heterocycles. The van der Waals surface area contributed by atoms with Gasteiger partial charge in [0.1, 0.15) is 5.56 Å². The van der Waals surface area contributed by atoms with Crippen molar-refractivity contribution < 1.29 is 36.8 Å². The maximum Gasteiger partial charge on any atom is 0.416 e. The average Bonchev–Trinajstić information content (AvgIpc) is 2.26. The third-order valence-electron chi connectivity index (χ3n) is 2.13. The summed E-state index contributed by atoms with van der Waals surface area (Å²) in [4.78, 5) is 19.3. The Balaban J connectivity index is 3.52. The van der Waals surface area contributed by atoms with Crippen LogP contribution in [-0.2, 0) is 16.9 Å². The van der Waals surface area contributed by atoms with E-state index in [1.54, 1.807) is 0 Å². The summed E-state index contributed by atoms with van der Waals surface area (Å²) < 4.78 is 63.2. The summed E-state index contributed by atoms with van der Waals surface area (Å²) in [5.74, 6) is -7.36. The molecule has 1 aromatic carbocycles. The van der Waals surface area contributed by atoms with Gasteiger partial charge in [0.2, 0.25) is 0 Å². The van der Waals surface area contributed by atoms with Gasteiger partial charge < -0.3 is 5.11 Å². The molecule has 0 fully saturated rings. The van der Waals surface area contributed by atoms with Crippen LogP contribution in [0, 0.1) is 10.1 Å². The van der Waals surface area contributed by atoms with Crippen LogP contribution < -0.4 is 0 Å². The van der Waals surface area contributed by atoms with E-state index >= 15 is 0 Å². The number of rotatable bonds is 3. The van der Waals surface area contributed by atoms with Gasteiger partial charge in [0.15, 0.2) is 0 Å². The Morgan fingerprint density at radius 1 is 1.21 bits per heavy atom. The molecule has 0 unspecified atom stereocenters. The number of nitro groups is 1. The lowest BCUT2D eigenvalue weighted by Crippen LogP contribution is -2.26. The predicted octanol–water partition coefficient (Wildman–Crippen LogP) is 2.79. The molecule has 19 heavy (non-hydrogen) atoms. The van der Waals surface area contributed by atoms with Gasteiger partial charge in [-0.1, -0.05) is 0 Å². The van der Waals surface area contributed by atoms with Crippen LogP contribution in [0.5, 0.6) is 0 Å². The Bertz CT molecular complexity index is 540. The Kier molecular flexibility index (Phi) is 3.46. The van der Waals surface area contributed by atoms with Gasteiger partial charge in [-0.25, -0.2) is 4.79 Å². The molecule has 0 spiro atoms. The average molecular weight is 285 g/mol. The number of aliphatic carboxylic acids is 1. The fourth-order valence-electron chi connectivity index (χ4n) is 1.24. The minimum absolute atomic E-state index is 0.0784. The number of hydrogen-bond acceptors (Lipinski definition) is 3. The summed E-state index contributed by atoms with van der Waals surface area (Å²) in [6, 6.07) is 0.0977. The van der Waals surface area contributed by atoms with Crippen molar-refractivity contribution in [1.29, 1.82) is 0 Å². The lowest BCUT2D eigenvalue weighted by Gasteiger charge is -2.13. The quantitative estimate of drug-likeness (QED) is 0.526. The van der Waals surface area contributed by atoms with E-state index in [0.29, 0.717) is 0 Å². The Morgan fingerprint density at radius 3 is 2.11 bits per heavy atom. The van der Waals surface area contributed by atoms with Crippen molar-refractivity contribution in [3.05, 3.63) is 39.4 Å². The van der Waals surface area contributed by atoms with E-state index in [2.05, 4.69) is 0 Å². The maximum atomic E-state index is 13.1. The third kappa shape index (κ3) is 2.77. The molecular formula is C9H4F5NO4. The second kappa shape index (κ2) is 4.44. The largest absolute Gasteiger partial charge is 0.477 e. The van der Waals surface area contributed by atoms with Crippen molar-refractivity contribution in [2.24, 2.45) is 0 Å². The summed E-state index contributed by atoms with van der Waals surface area (Å²) in [6.45, 7) is 0. The number of carbonyl (C=O) groups is 1. The van der Waals surface area contributed by atoms with E-state index in [-0.39, 0.29) is 18.2 Å². The van der Waals surface area contributed by atoms with Crippen LogP contribution in [0.2, 0.25) is 0 Å². The molecule has 0 saturated carbocycles. The molecular weight excluding hydrogens is 281 g/mol. The van der Waals surface area contributed by atoms with Crippen LogP contribution in [0.25, 0.3) is 0 Å². The van der Waals surface area contributed by atoms with E-state index < -0.39 is 39.8 Å². The first-order chi connectivity index (χ1) is 8.48. The van der Waals surface area contributed by atoms with Gasteiger partial charge in [0.25, 0.3) is 5.69 Å². The van der Waals surface area contributed by atoms with E-state index in [1.165, 1.54) is 0 Å². The van der Waals surface area contributed by atoms with Crippen LogP contribution in [0.1, 0.15) is 11.1 Å². The summed E-state index contributed by atoms with van der Waals surface area (Å²) in [5.41, 5.74) is -4.75. The third-order valence-corrected chi connectivity index (χ3v) is 2.13. The molecule has 0 aliphatic carbocycles. The highest BCUT2D eigenvalue weighted by molar-refractivity contribution is 5.79. The summed E-state index contributed by atoms with van der Waals surface area (Å²) in [5, 5.41) is 18.7. The topological polar surface area (TPSA) is 80.4 Å². The number of alkyl halides is 5.